The molecule has 2 N–H and O–H groups in total. The molecule has 3 nitrogen and oxygen atoms in total. The van der Waals surface area contributed by atoms with Crippen molar-refractivity contribution < 1.29 is 18.7 Å². The highest BCUT2D eigenvalue weighted by molar-refractivity contribution is 7.08. The van der Waals surface area contributed by atoms with Crippen LogP contribution < -0.4 is 5.32 Å². The Kier molecular flexibility index (Phi) is 4.15. The summed E-state index contributed by atoms with van der Waals surface area (Å²) >= 11 is 1.44. The van der Waals surface area contributed by atoms with E-state index in [1.165, 1.54) is 17.4 Å². The number of carbonyl (C=O) groups excluding carboxylic acids is 1. The third kappa shape index (κ3) is 3.20. The SMILES string of the molecule is CC(O)(CNC(=O)c1ccc(F)c(F)c1)c1ccsc1. The molecule has 2 aromatic rings. The molecule has 1 aromatic heterocycles. The number of hydrogen-bond acceptors (Lipinski definition) is 3. The number of carbonyl (C=O) groups is 1. The van der Waals surface area contributed by atoms with Gasteiger partial charge in [-0.25, -0.2) is 8.78 Å². The van der Waals surface area contributed by atoms with Gasteiger partial charge in [-0.2, -0.15) is 11.3 Å². The Bertz CT molecular complexity index is 612. The summed E-state index contributed by atoms with van der Waals surface area (Å²) in [5.74, 6) is -2.66. The minimum absolute atomic E-state index is 0.00465. The van der Waals surface area contributed by atoms with Gasteiger partial charge in [-0.3, -0.25) is 4.79 Å². The van der Waals surface area contributed by atoms with E-state index >= 15 is 0 Å². The third-order valence-electron chi connectivity index (χ3n) is 2.92. The molecule has 6 heteroatoms. The number of thiophene rings is 1. The number of halogens is 2. The van der Waals surface area contributed by atoms with Gasteiger partial charge < -0.3 is 10.4 Å². The highest BCUT2D eigenvalue weighted by Crippen LogP contribution is 2.22. The molecule has 0 radical (unpaired) electrons. The largest absolute Gasteiger partial charge is 0.384 e. The van der Waals surface area contributed by atoms with Crippen molar-refractivity contribution in [1.82, 2.24) is 5.32 Å². The van der Waals surface area contributed by atoms with Crippen LogP contribution in [0.15, 0.2) is 35.0 Å². The highest BCUT2D eigenvalue weighted by atomic mass is 32.1. The molecule has 1 amide bonds. The maximum Gasteiger partial charge on any atom is 0.251 e. The van der Waals surface area contributed by atoms with Crippen LogP contribution in [0.1, 0.15) is 22.8 Å². The first-order valence-electron chi connectivity index (χ1n) is 5.88. The summed E-state index contributed by atoms with van der Waals surface area (Å²) in [6, 6.07) is 4.66. The zero-order valence-corrected chi connectivity index (χ0v) is 11.5. The van der Waals surface area contributed by atoms with E-state index in [9.17, 15) is 18.7 Å². The Labute approximate surface area is 118 Å². The van der Waals surface area contributed by atoms with Crippen LogP contribution in [0, 0.1) is 11.6 Å². The average molecular weight is 297 g/mol. The van der Waals surface area contributed by atoms with E-state index in [0.717, 1.165) is 12.1 Å². The summed E-state index contributed by atoms with van der Waals surface area (Å²) in [5.41, 5.74) is -0.521. The van der Waals surface area contributed by atoms with Crippen molar-refractivity contribution in [3.63, 3.8) is 0 Å². The second-order valence-corrected chi connectivity index (χ2v) is 5.38. The molecule has 0 aliphatic carbocycles. The van der Waals surface area contributed by atoms with Gasteiger partial charge in [-0.1, -0.05) is 0 Å². The standard InChI is InChI=1S/C14H13F2NO2S/c1-14(19,10-4-5-20-7-10)8-17-13(18)9-2-3-11(15)12(16)6-9/h2-7,19H,8H2,1H3,(H,17,18). The monoisotopic (exact) mass is 297 g/mol. The summed E-state index contributed by atoms with van der Waals surface area (Å²) in [7, 11) is 0. The smallest absolute Gasteiger partial charge is 0.251 e. The number of hydrogen-bond donors (Lipinski definition) is 2. The molecule has 1 heterocycles. The average Bonchev–Trinajstić information content (AvgIpc) is 2.94. The molecule has 0 spiro atoms. The van der Waals surface area contributed by atoms with Crippen LogP contribution in [0.5, 0.6) is 0 Å². The molecule has 0 aliphatic rings. The van der Waals surface area contributed by atoms with Crippen molar-refractivity contribution in [3.8, 4) is 0 Å². The molecule has 0 aliphatic heterocycles. The Hall–Kier alpha value is -1.79. The Morgan fingerprint density at radius 2 is 2.10 bits per heavy atom. The second kappa shape index (κ2) is 5.68. The second-order valence-electron chi connectivity index (χ2n) is 4.60. The van der Waals surface area contributed by atoms with Crippen molar-refractivity contribution in [2.75, 3.05) is 6.54 Å². The van der Waals surface area contributed by atoms with Crippen LogP contribution in [0.4, 0.5) is 8.78 Å². The third-order valence-corrected chi connectivity index (χ3v) is 3.60. The summed E-state index contributed by atoms with van der Waals surface area (Å²) < 4.78 is 25.8. The van der Waals surface area contributed by atoms with Crippen LogP contribution in [0.2, 0.25) is 0 Å². The van der Waals surface area contributed by atoms with Crippen LogP contribution in [0.25, 0.3) is 0 Å². The molecule has 1 atom stereocenters. The topological polar surface area (TPSA) is 49.3 Å². The number of nitrogens with one attached hydrogen (secondary N) is 1. The molecular weight excluding hydrogens is 284 g/mol. The minimum Gasteiger partial charge on any atom is -0.384 e. The normalized spacial score (nSPS) is 13.8. The molecule has 2 rings (SSSR count). The highest BCUT2D eigenvalue weighted by Gasteiger charge is 2.24. The van der Waals surface area contributed by atoms with Crippen molar-refractivity contribution in [1.29, 1.82) is 0 Å². The first-order valence-corrected chi connectivity index (χ1v) is 6.83. The summed E-state index contributed by atoms with van der Waals surface area (Å²) in [4.78, 5) is 11.8. The maximum atomic E-state index is 13.0. The lowest BCUT2D eigenvalue weighted by Crippen LogP contribution is -2.38. The quantitative estimate of drug-likeness (QED) is 0.911. The van der Waals surface area contributed by atoms with E-state index in [1.54, 1.807) is 18.4 Å². The van der Waals surface area contributed by atoms with Gasteiger partial charge >= 0.3 is 0 Å². The lowest BCUT2D eigenvalue weighted by molar-refractivity contribution is 0.0530. The fourth-order valence-corrected chi connectivity index (χ4v) is 2.45. The molecule has 20 heavy (non-hydrogen) atoms. The van der Waals surface area contributed by atoms with Gasteiger partial charge in [0.1, 0.15) is 5.60 Å². The van der Waals surface area contributed by atoms with Gasteiger partial charge in [0.15, 0.2) is 11.6 Å². The zero-order valence-electron chi connectivity index (χ0n) is 10.7. The Morgan fingerprint density at radius 1 is 1.35 bits per heavy atom. The first kappa shape index (κ1) is 14.6. The van der Waals surface area contributed by atoms with Gasteiger partial charge in [0, 0.05) is 5.56 Å². The number of benzene rings is 1. The van der Waals surface area contributed by atoms with Gasteiger partial charge in [0.2, 0.25) is 0 Å². The fraction of sp³-hybridized carbons (Fsp3) is 0.214. The minimum atomic E-state index is -1.21. The lowest BCUT2D eigenvalue weighted by atomic mass is 9.99. The molecular formula is C14H13F2NO2S. The fourth-order valence-electron chi connectivity index (χ4n) is 1.66. The van der Waals surface area contributed by atoms with Gasteiger partial charge in [0.05, 0.1) is 6.54 Å². The molecule has 0 saturated heterocycles. The van der Waals surface area contributed by atoms with E-state index in [4.69, 9.17) is 0 Å². The molecule has 1 unspecified atom stereocenters. The van der Waals surface area contributed by atoms with Gasteiger partial charge in [-0.05, 0) is 47.5 Å². The van der Waals surface area contributed by atoms with Crippen molar-refractivity contribution >= 4 is 17.2 Å². The molecule has 106 valence electrons. The Balaban J connectivity index is 2.03. The summed E-state index contributed by atoms with van der Waals surface area (Å²) in [5, 5.41) is 16.3. The van der Waals surface area contributed by atoms with Crippen molar-refractivity contribution in [2.24, 2.45) is 0 Å². The Morgan fingerprint density at radius 3 is 2.70 bits per heavy atom. The molecule has 1 aromatic carbocycles. The van der Waals surface area contributed by atoms with E-state index in [0.29, 0.717) is 5.56 Å². The molecule has 0 saturated carbocycles. The maximum absolute atomic E-state index is 13.0. The van der Waals surface area contributed by atoms with Crippen LogP contribution in [-0.2, 0) is 5.60 Å². The lowest BCUT2D eigenvalue weighted by Gasteiger charge is -2.22. The van der Waals surface area contributed by atoms with Crippen LogP contribution >= 0.6 is 11.3 Å². The van der Waals surface area contributed by atoms with E-state index < -0.39 is 23.1 Å². The van der Waals surface area contributed by atoms with Crippen molar-refractivity contribution in [2.45, 2.75) is 12.5 Å². The first-order chi connectivity index (χ1) is 9.40. The van der Waals surface area contributed by atoms with E-state index in [2.05, 4.69) is 5.32 Å². The summed E-state index contributed by atoms with van der Waals surface area (Å²) in [6.07, 6.45) is 0. The van der Waals surface area contributed by atoms with Crippen LogP contribution in [-0.4, -0.2) is 17.6 Å². The van der Waals surface area contributed by atoms with Crippen molar-refractivity contribution in [3.05, 3.63) is 57.8 Å². The van der Waals surface area contributed by atoms with Gasteiger partial charge in [-0.15, -0.1) is 0 Å². The number of amides is 1. The zero-order chi connectivity index (χ0) is 14.8. The molecule has 0 bridgehead atoms. The van der Waals surface area contributed by atoms with E-state index in [-0.39, 0.29) is 12.1 Å². The number of aliphatic hydroxyl groups is 1. The molecule has 0 fully saturated rings. The predicted molar refractivity (Wildman–Crippen MR) is 72.6 cm³/mol. The predicted octanol–water partition coefficient (Wildman–Crippen LogP) is 2.66. The number of rotatable bonds is 4. The van der Waals surface area contributed by atoms with Gasteiger partial charge in [0.25, 0.3) is 5.91 Å². The van der Waals surface area contributed by atoms with E-state index in [1.807, 2.05) is 5.38 Å². The van der Waals surface area contributed by atoms with Crippen LogP contribution in [0.3, 0.4) is 0 Å². The summed E-state index contributed by atoms with van der Waals surface area (Å²) in [6.45, 7) is 1.54.